The van der Waals surface area contributed by atoms with Gasteiger partial charge in [0.2, 0.25) is 0 Å². The molecule has 0 unspecified atom stereocenters. The van der Waals surface area contributed by atoms with Crippen LogP contribution in [-0.4, -0.2) is 10.2 Å². The Balaban J connectivity index is 2.75. The Kier molecular flexibility index (Phi) is 2.07. The van der Waals surface area contributed by atoms with Crippen LogP contribution in [0.15, 0.2) is 18.2 Å². The van der Waals surface area contributed by atoms with E-state index < -0.39 is 0 Å². The van der Waals surface area contributed by atoms with Crippen molar-refractivity contribution in [1.29, 1.82) is 0 Å². The Morgan fingerprint density at radius 3 is 3.08 bits per heavy atom. The molecule has 0 bridgehead atoms. The van der Waals surface area contributed by atoms with Crippen LogP contribution >= 0.6 is 27.5 Å². The summed E-state index contributed by atoms with van der Waals surface area (Å²) in [5.41, 5.74) is 2.02. The van der Waals surface area contributed by atoms with E-state index in [1.807, 2.05) is 18.2 Å². The summed E-state index contributed by atoms with van der Waals surface area (Å²) in [6.45, 7) is 0. The number of fused-ring (bicyclic) bond motifs is 1. The van der Waals surface area contributed by atoms with Gasteiger partial charge in [-0.3, -0.25) is 5.10 Å². The molecule has 0 saturated carbocycles. The minimum atomic E-state index is 0.742. The highest BCUT2D eigenvalue weighted by molar-refractivity contribution is 9.08. The lowest BCUT2D eigenvalue weighted by atomic mass is 10.2. The van der Waals surface area contributed by atoms with Crippen LogP contribution in [0.4, 0.5) is 0 Å². The van der Waals surface area contributed by atoms with Gasteiger partial charge in [-0.15, -0.1) is 0 Å². The normalized spacial score (nSPS) is 10.8. The number of aromatic amines is 1. The maximum absolute atomic E-state index is 5.85. The number of rotatable bonds is 1. The molecule has 4 heteroatoms. The van der Waals surface area contributed by atoms with Crippen LogP contribution in [0.1, 0.15) is 5.69 Å². The largest absolute Gasteiger partial charge is 0.280 e. The molecular weight excluding hydrogens is 239 g/mol. The summed E-state index contributed by atoms with van der Waals surface area (Å²) in [4.78, 5) is 0. The second-order valence-electron chi connectivity index (χ2n) is 2.50. The van der Waals surface area contributed by atoms with Gasteiger partial charge >= 0.3 is 0 Å². The number of halogens is 2. The van der Waals surface area contributed by atoms with Gasteiger partial charge in [0, 0.05) is 15.7 Å². The SMILES string of the molecule is Clc1ccc2n[nH]c(CBr)c2c1. The van der Waals surface area contributed by atoms with Crippen LogP contribution in [0.5, 0.6) is 0 Å². The zero-order chi connectivity index (χ0) is 8.55. The zero-order valence-corrected chi connectivity index (χ0v) is 8.48. The van der Waals surface area contributed by atoms with E-state index in [1.54, 1.807) is 0 Å². The fraction of sp³-hybridized carbons (Fsp3) is 0.125. The minimum absolute atomic E-state index is 0.742. The molecule has 2 nitrogen and oxygen atoms in total. The Morgan fingerprint density at radius 2 is 2.33 bits per heavy atom. The van der Waals surface area contributed by atoms with Crippen molar-refractivity contribution in [1.82, 2.24) is 10.2 Å². The van der Waals surface area contributed by atoms with Crippen molar-refractivity contribution in [3.63, 3.8) is 0 Å². The van der Waals surface area contributed by atoms with Gasteiger partial charge in [0.1, 0.15) is 0 Å². The fourth-order valence-electron chi connectivity index (χ4n) is 1.14. The van der Waals surface area contributed by atoms with Crippen LogP contribution < -0.4 is 0 Å². The van der Waals surface area contributed by atoms with Crippen LogP contribution in [0.25, 0.3) is 10.9 Å². The molecule has 1 N–H and O–H groups in total. The molecule has 12 heavy (non-hydrogen) atoms. The third kappa shape index (κ3) is 1.23. The van der Waals surface area contributed by atoms with E-state index >= 15 is 0 Å². The third-order valence-corrected chi connectivity index (χ3v) is 2.52. The highest BCUT2D eigenvalue weighted by Crippen LogP contribution is 2.21. The summed E-state index contributed by atoms with van der Waals surface area (Å²) >= 11 is 9.22. The molecule has 62 valence electrons. The Labute approximate surface area is 83.0 Å². The zero-order valence-electron chi connectivity index (χ0n) is 6.14. The molecule has 0 spiro atoms. The predicted octanol–water partition coefficient (Wildman–Crippen LogP) is 3.11. The van der Waals surface area contributed by atoms with Crippen molar-refractivity contribution >= 4 is 38.4 Å². The Morgan fingerprint density at radius 1 is 1.50 bits per heavy atom. The smallest absolute Gasteiger partial charge is 0.0925 e. The number of nitrogens with zero attached hydrogens (tertiary/aromatic N) is 1. The highest BCUT2D eigenvalue weighted by atomic mass is 79.9. The van der Waals surface area contributed by atoms with Crippen LogP contribution in [-0.2, 0) is 5.33 Å². The number of aromatic nitrogens is 2. The molecule has 0 aliphatic heterocycles. The van der Waals surface area contributed by atoms with E-state index in [-0.39, 0.29) is 0 Å². The number of hydrogen-bond donors (Lipinski definition) is 1. The number of alkyl halides is 1. The molecule has 0 fully saturated rings. The molecule has 2 rings (SSSR count). The summed E-state index contributed by atoms with van der Waals surface area (Å²) in [5.74, 6) is 0. The number of H-pyrrole nitrogens is 1. The first kappa shape index (κ1) is 8.08. The summed E-state index contributed by atoms with van der Waals surface area (Å²) < 4.78 is 0. The third-order valence-electron chi connectivity index (χ3n) is 1.73. The van der Waals surface area contributed by atoms with Gasteiger partial charge in [0.25, 0.3) is 0 Å². The molecule has 2 aromatic rings. The monoisotopic (exact) mass is 244 g/mol. The molecule has 0 atom stereocenters. The van der Waals surface area contributed by atoms with Crippen molar-refractivity contribution in [3.05, 3.63) is 28.9 Å². The highest BCUT2D eigenvalue weighted by Gasteiger charge is 2.03. The van der Waals surface area contributed by atoms with Crippen molar-refractivity contribution in [2.45, 2.75) is 5.33 Å². The molecule has 0 aliphatic rings. The van der Waals surface area contributed by atoms with Crippen molar-refractivity contribution in [2.75, 3.05) is 0 Å². The van der Waals surface area contributed by atoms with Gasteiger partial charge in [-0.1, -0.05) is 27.5 Å². The number of nitrogens with one attached hydrogen (secondary N) is 1. The average Bonchev–Trinajstić information content (AvgIpc) is 2.46. The second kappa shape index (κ2) is 3.07. The molecule has 0 amide bonds. The number of hydrogen-bond acceptors (Lipinski definition) is 1. The fourth-order valence-corrected chi connectivity index (χ4v) is 1.74. The lowest BCUT2D eigenvalue weighted by Crippen LogP contribution is -1.75. The van der Waals surface area contributed by atoms with Crippen LogP contribution in [0.2, 0.25) is 5.02 Å². The van der Waals surface area contributed by atoms with Gasteiger partial charge in [-0.25, -0.2) is 0 Å². The van der Waals surface area contributed by atoms with Crippen molar-refractivity contribution in [3.8, 4) is 0 Å². The van der Waals surface area contributed by atoms with Crippen molar-refractivity contribution < 1.29 is 0 Å². The first-order chi connectivity index (χ1) is 5.81. The molecule has 0 radical (unpaired) electrons. The van der Waals surface area contributed by atoms with Crippen LogP contribution in [0, 0.1) is 0 Å². The quantitative estimate of drug-likeness (QED) is 0.769. The van der Waals surface area contributed by atoms with Gasteiger partial charge < -0.3 is 0 Å². The van der Waals surface area contributed by atoms with Gasteiger partial charge in [-0.05, 0) is 18.2 Å². The van der Waals surface area contributed by atoms with E-state index in [1.165, 1.54) is 0 Å². The summed E-state index contributed by atoms with van der Waals surface area (Å²) in [6.07, 6.45) is 0. The molecule has 1 aromatic carbocycles. The summed E-state index contributed by atoms with van der Waals surface area (Å²) in [6, 6.07) is 5.65. The minimum Gasteiger partial charge on any atom is -0.280 e. The maximum Gasteiger partial charge on any atom is 0.0925 e. The standard InChI is InChI=1S/C8H6BrClN2/c9-4-8-6-3-5(10)1-2-7(6)11-12-8/h1-3H,4H2,(H,11,12). The molecule has 0 saturated heterocycles. The molecule has 1 aromatic heterocycles. The molecule has 0 aliphatic carbocycles. The average molecular weight is 246 g/mol. The Bertz CT molecular complexity index is 410. The summed E-state index contributed by atoms with van der Waals surface area (Å²) in [5, 5.41) is 9.64. The van der Waals surface area contributed by atoms with Crippen molar-refractivity contribution in [2.24, 2.45) is 0 Å². The molecule has 1 heterocycles. The van der Waals surface area contributed by atoms with E-state index in [9.17, 15) is 0 Å². The topological polar surface area (TPSA) is 28.7 Å². The Hall–Kier alpha value is -0.540. The van der Waals surface area contributed by atoms with E-state index in [0.717, 1.165) is 26.9 Å². The van der Waals surface area contributed by atoms with E-state index in [0.29, 0.717) is 0 Å². The molecular formula is C8H6BrClN2. The maximum atomic E-state index is 5.85. The lowest BCUT2D eigenvalue weighted by molar-refractivity contribution is 1.06. The lowest BCUT2D eigenvalue weighted by Gasteiger charge is -1.91. The van der Waals surface area contributed by atoms with Gasteiger partial charge in [0.05, 0.1) is 11.2 Å². The van der Waals surface area contributed by atoms with Gasteiger partial charge in [0.15, 0.2) is 0 Å². The van der Waals surface area contributed by atoms with Crippen LogP contribution in [0.3, 0.4) is 0 Å². The van der Waals surface area contributed by atoms with E-state index in [2.05, 4.69) is 26.1 Å². The van der Waals surface area contributed by atoms with Gasteiger partial charge in [-0.2, -0.15) is 5.10 Å². The van der Waals surface area contributed by atoms with E-state index in [4.69, 9.17) is 11.6 Å². The first-order valence-corrected chi connectivity index (χ1v) is 4.99. The predicted molar refractivity (Wildman–Crippen MR) is 53.7 cm³/mol. The number of benzene rings is 1. The summed E-state index contributed by atoms with van der Waals surface area (Å²) in [7, 11) is 0. The second-order valence-corrected chi connectivity index (χ2v) is 3.49. The first-order valence-electron chi connectivity index (χ1n) is 3.50.